The molecular formula is C45H39Br3O8. The molecular weight excluding hydrogens is 908 g/mol. The first-order valence-electron chi connectivity index (χ1n) is 18.0. The summed E-state index contributed by atoms with van der Waals surface area (Å²) in [7, 11) is 0. The maximum atomic E-state index is 12.3. The van der Waals surface area contributed by atoms with E-state index in [4.69, 9.17) is 28.4 Å². The van der Waals surface area contributed by atoms with Crippen molar-refractivity contribution in [1.82, 2.24) is 0 Å². The third-order valence-electron chi connectivity index (χ3n) is 9.12. The van der Waals surface area contributed by atoms with E-state index in [2.05, 4.69) is 47.8 Å². The predicted octanol–water partition coefficient (Wildman–Crippen LogP) is 10.8. The first-order chi connectivity index (χ1) is 27.4. The molecule has 11 heteroatoms. The van der Waals surface area contributed by atoms with Crippen LogP contribution in [0.15, 0.2) is 147 Å². The van der Waals surface area contributed by atoms with E-state index in [9.17, 15) is 10.2 Å². The topological polar surface area (TPSA) is 95.8 Å². The SMILES string of the molecule is OCCO[C@H]1c2c(OCc3ccccc3)c(Br)c(OCc3ccccc3)c(Br)c2O[C@H](c2cc(OCc3ccccc3)c(OCc3ccccc3)cc2Br)[C@H]1O. The van der Waals surface area contributed by atoms with E-state index in [-0.39, 0.29) is 33.0 Å². The zero-order valence-corrected chi connectivity index (χ0v) is 34.9. The molecule has 1 heterocycles. The number of benzene rings is 6. The molecule has 0 spiro atoms. The zero-order valence-electron chi connectivity index (χ0n) is 30.2. The van der Waals surface area contributed by atoms with Gasteiger partial charge in [-0.15, -0.1) is 0 Å². The second-order valence-corrected chi connectivity index (χ2v) is 15.4. The Hall–Kier alpha value is -4.36. The molecule has 0 unspecified atom stereocenters. The third-order valence-corrected chi connectivity index (χ3v) is 11.2. The molecule has 0 saturated heterocycles. The smallest absolute Gasteiger partial charge is 0.162 e. The van der Waals surface area contributed by atoms with E-state index < -0.39 is 18.3 Å². The fraction of sp³-hybridized carbons (Fsp3) is 0.200. The van der Waals surface area contributed by atoms with Crippen molar-refractivity contribution in [1.29, 1.82) is 0 Å². The number of hydrogen-bond acceptors (Lipinski definition) is 8. The van der Waals surface area contributed by atoms with Gasteiger partial charge in [-0.1, -0.05) is 137 Å². The Morgan fingerprint density at radius 3 is 1.48 bits per heavy atom. The standard InChI is InChI=1S/C45H39Br3O8/c46-34-24-36(53-26-30-15-7-2-8-16-30)35(52-25-29-13-5-1-6-14-29)23-33(34)41-40(50)44(51-22-21-49)37-42(54-27-31-17-9-3-10-18-31)38(47)45(39(48)43(37)56-41)55-28-32-19-11-4-12-20-32/h1-20,23-24,40-41,44,49-50H,21-22,25-28H2/t40-,41-,44+/m1/s1. The number of aliphatic hydroxyl groups excluding tert-OH is 2. The quantitative estimate of drug-likeness (QED) is 0.0991. The molecule has 7 rings (SSSR count). The van der Waals surface area contributed by atoms with Gasteiger partial charge in [0, 0.05) is 10.0 Å². The summed E-state index contributed by atoms with van der Waals surface area (Å²) in [5.74, 6) is 2.16. The van der Waals surface area contributed by atoms with Gasteiger partial charge in [-0.2, -0.15) is 0 Å². The van der Waals surface area contributed by atoms with Gasteiger partial charge >= 0.3 is 0 Å². The first-order valence-corrected chi connectivity index (χ1v) is 20.4. The number of fused-ring (bicyclic) bond motifs is 1. The Labute approximate surface area is 351 Å². The molecule has 1 aliphatic rings. The van der Waals surface area contributed by atoms with Crippen molar-refractivity contribution in [2.45, 2.75) is 44.7 Å². The molecule has 0 aromatic heterocycles. The summed E-state index contributed by atoms with van der Waals surface area (Å²) in [5, 5.41) is 22.2. The van der Waals surface area contributed by atoms with Crippen LogP contribution in [0.4, 0.5) is 0 Å². The molecule has 1 aliphatic heterocycles. The van der Waals surface area contributed by atoms with Crippen LogP contribution in [0.5, 0.6) is 28.7 Å². The average Bonchev–Trinajstić information content (AvgIpc) is 3.23. The first kappa shape index (κ1) is 39.9. The molecule has 0 fully saturated rings. The fourth-order valence-electron chi connectivity index (χ4n) is 6.34. The molecule has 0 saturated carbocycles. The summed E-state index contributed by atoms with van der Waals surface area (Å²) < 4.78 is 40.5. The van der Waals surface area contributed by atoms with Crippen molar-refractivity contribution in [3.8, 4) is 28.7 Å². The highest BCUT2D eigenvalue weighted by molar-refractivity contribution is 9.11. The van der Waals surface area contributed by atoms with E-state index in [1.165, 1.54) is 0 Å². The van der Waals surface area contributed by atoms with Crippen LogP contribution in [0.25, 0.3) is 0 Å². The van der Waals surface area contributed by atoms with E-state index in [0.29, 0.717) is 59.9 Å². The van der Waals surface area contributed by atoms with Crippen LogP contribution in [0, 0.1) is 0 Å². The summed E-state index contributed by atoms with van der Waals surface area (Å²) in [6.07, 6.45) is -3.24. The molecule has 288 valence electrons. The fourth-order valence-corrected chi connectivity index (χ4v) is 8.42. The van der Waals surface area contributed by atoms with Gasteiger partial charge in [-0.05, 0) is 66.2 Å². The molecule has 8 nitrogen and oxygen atoms in total. The Bertz CT molecular complexity index is 2190. The van der Waals surface area contributed by atoms with Crippen molar-refractivity contribution in [3.63, 3.8) is 0 Å². The van der Waals surface area contributed by atoms with Gasteiger partial charge in [0.15, 0.2) is 23.4 Å². The lowest BCUT2D eigenvalue weighted by atomic mass is 9.91. The van der Waals surface area contributed by atoms with Crippen LogP contribution in [0.3, 0.4) is 0 Å². The second kappa shape index (κ2) is 19.2. The van der Waals surface area contributed by atoms with Crippen molar-refractivity contribution < 1.29 is 38.6 Å². The number of ether oxygens (including phenoxy) is 6. The maximum absolute atomic E-state index is 12.3. The van der Waals surface area contributed by atoms with Crippen molar-refractivity contribution in [2.75, 3.05) is 13.2 Å². The van der Waals surface area contributed by atoms with Crippen LogP contribution in [0.2, 0.25) is 0 Å². The molecule has 3 atom stereocenters. The summed E-state index contributed by atoms with van der Waals surface area (Å²) in [4.78, 5) is 0. The highest BCUT2D eigenvalue weighted by atomic mass is 79.9. The van der Waals surface area contributed by atoms with Gasteiger partial charge in [0.2, 0.25) is 0 Å². The van der Waals surface area contributed by atoms with E-state index >= 15 is 0 Å². The highest BCUT2D eigenvalue weighted by Gasteiger charge is 2.45. The number of rotatable bonds is 16. The maximum Gasteiger partial charge on any atom is 0.162 e. The van der Waals surface area contributed by atoms with Crippen LogP contribution in [0.1, 0.15) is 45.6 Å². The van der Waals surface area contributed by atoms with Crippen molar-refractivity contribution in [3.05, 3.63) is 180 Å². The van der Waals surface area contributed by atoms with Gasteiger partial charge in [-0.25, -0.2) is 0 Å². The minimum absolute atomic E-state index is 0.0492. The lowest BCUT2D eigenvalue weighted by Gasteiger charge is -2.39. The average molecular weight is 948 g/mol. The van der Waals surface area contributed by atoms with Crippen LogP contribution in [-0.4, -0.2) is 29.5 Å². The molecule has 6 aromatic carbocycles. The normalized spacial score (nSPS) is 16.1. The monoisotopic (exact) mass is 944 g/mol. The molecule has 6 aromatic rings. The molecule has 0 amide bonds. The molecule has 0 bridgehead atoms. The second-order valence-electron chi connectivity index (χ2n) is 13.0. The Morgan fingerprint density at radius 1 is 0.554 bits per heavy atom. The summed E-state index contributed by atoms with van der Waals surface area (Å²) in [6.45, 7) is 0.776. The molecule has 2 N–H and O–H groups in total. The van der Waals surface area contributed by atoms with E-state index in [1.807, 2.05) is 133 Å². The van der Waals surface area contributed by atoms with Crippen molar-refractivity contribution in [2.24, 2.45) is 0 Å². The molecule has 0 aliphatic carbocycles. The minimum Gasteiger partial charge on any atom is -0.487 e. The minimum atomic E-state index is -1.27. The lowest BCUT2D eigenvalue weighted by molar-refractivity contribution is -0.108. The summed E-state index contributed by atoms with van der Waals surface area (Å²) >= 11 is 11.3. The highest BCUT2D eigenvalue weighted by Crippen LogP contribution is 2.58. The Morgan fingerprint density at radius 2 is 1.00 bits per heavy atom. The molecule has 56 heavy (non-hydrogen) atoms. The predicted molar refractivity (Wildman–Crippen MR) is 224 cm³/mol. The van der Waals surface area contributed by atoms with E-state index in [0.717, 1.165) is 22.3 Å². The molecule has 0 radical (unpaired) electrons. The van der Waals surface area contributed by atoms with Gasteiger partial charge in [-0.3, -0.25) is 0 Å². The number of aliphatic hydroxyl groups is 2. The lowest BCUT2D eigenvalue weighted by Crippen LogP contribution is -2.37. The Kier molecular flexibility index (Phi) is 13.7. The Balaban J connectivity index is 1.30. The van der Waals surface area contributed by atoms with Gasteiger partial charge in [0.25, 0.3) is 0 Å². The van der Waals surface area contributed by atoms with Crippen LogP contribution in [-0.2, 0) is 31.2 Å². The third kappa shape index (κ3) is 9.42. The van der Waals surface area contributed by atoms with Gasteiger partial charge < -0.3 is 38.6 Å². The summed E-state index contributed by atoms with van der Waals surface area (Å²) in [5.41, 5.74) is 4.93. The number of hydrogen-bond donors (Lipinski definition) is 2. The van der Waals surface area contributed by atoms with Crippen LogP contribution < -0.4 is 23.7 Å². The number of halogens is 3. The van der Waals surface area contributed by atoms with Gasteiger partial charge in [0.1, 0.15) is 59.1 Å². The van der Waals surface area contributed by atoms with Crippen LogP contribution >= 0.6 is 47.8 Å². The largest absolute Gasteiger partial charge is 0.487 e. The van der Waals surface area contributed by atoms with Gasteiger partial charge in [0.05, 0.1) is 18.8 Å². The van der Waals surface area contributed by atoms with Crippen molar-refractivity contribution >= 4 is 47.8 Å². The summed E-state index contributed by atoms with van der Waals surface area (Å²) in [6, 6.07) is 43.0. The van der Waals surface area contributed by atoms with E-state index in [1.54, 1.807) is 0 Å². The zero-order chi connectivity index (χ0) is 38.9.